The molecule has 0 bridgehead atoms. The summed E-state index contributed by atoms with van der Waals surface area (Å²) in [5.41, 5.74) is 0.825. The minimum atomic E-state index is -0.278. The number of hydrogen-bond donors (Lipinski definition) is 0. The van der Waals surface area contributed by atoms with E-state index in [9.17, 15) is 4.79 Å². The predicted octanol–water partition coefficient (Wildman–Crippen LogP) is 2.67. The van der Waals surface area contributed by atoms with Gasteiger partial charge in [0.15, 0.2) is 0 Å². The number of carbonyl (C=O) groups excluding carboxylic acids is 1. The van der Waals surface area contributed by atoms with E-state index in [0.29, 0.717) is 5.02 Å². The molecule has 0 radical (unpaired) electrons. The lowest BCUT2D eigenvalue weighted by Crippen LogP contribution is -2.03. The molecule has 0 N–H and O–H groups in total. The summed E-state index contributed by atoms with van der Waals surface area (Å²) in [7, 11) is 1.37. The van der Waals surface area contributed by atoms with Crippen LogP contribution in [0, 0.1) is 0 Å². The van der Waals surface area contributed by atoms with Crippen LogP contribution in [0.1, 0.15) is 5.01 Å². The van der Waals surface area contributed by atoms with Gasteiger partial charge in [0.1, 0.15) is 5.01 Å². The van der Waals surface area contributed by atoms with Crippen molar-refractivity contribution in [1.82, 2.24) is 4.98 Å². The third-order valence-electron chi connectivity index (χ3n) is 1.92. The van der Waals surface area contributed by atoms with Crippen LogP contribution >= 0.6 is 22.9 Å². The minimum absolute atomic E-state index is 0.216. The molecule has 1 heterocycles. The van der Waals surface area contributed by atoms with Crippen molar-refractivity contribution >= 4 is 39.1 Å². The van der Waals surface area contributed by atoms with Crippen LogP contribution in [0.15, 0.2) is 18.2 Å². The van der Waals surface area contributed by atoms with Gasteiger partial charge in [0, 0.05) is 5.02 Å². The van der Waals surface area contributed by atoms with E-state index in [1.165, 1.54) is 18.4 Å². The Labute approximate surface area is 95.6 Å². The number of nitrogens with zero attached hydrogens (tertiary/aromatic N) is 1. The van der Waals surface area contributed by atoms with Crippen LogP contribution in [0.2, 0.25) is 5.02 Å². The quantitative estimate of drug-likeness (QED) is 0.759. The molecule has 2 rings (SSSR count). The first-order chi connectivity index (χ1) is 7.19. The van der Waals surface area contributed by atoms with E-state index in [1.807, 2.05) is 12.1 Å². The monoisotopic (exact) mass is 241 g/mol. The van der Waals surface area contributed by atoms with Crippen molar-refractivity contribution < 1.29 is 9.53 Å². The Bertz CT molecular complexity index is 509. The number of esters is 1. The van der Waals surface area contributed by atoms with Crippen molar-refractivity contribution in [3.05, 3.63) is 28.2 Å². The molecule has 0 saturated heterocycles. The highest BCUT2D eigenvalue weighted by molar-refractivity contribution is 7.18. The van der Waals surface area contributed by atoms with Gasteiger partial charge >= 0.3 is 5.97 Å². The Hall–Kier alpha value is -1.13. The molecule has 0 unspecified atom stereocenters. The van der Waals surface area contributed by atoms with E-state index >= 15 is 0 Å². The van der Waals surface area contributed by atoms with Crippen LogP contribution in [0.5, 0.6) is 0 Å². The fourth-order valence-electron chi connectivity index (χ4n) is 1.22. The van der Waals surface area contributed by atoms with Crippen LogP contribution in [0.4, 0.5) is 0 Å². The molecule has 1 aromatic carbocycles. The molecule has 0 aliphatic heterocycles. The van der Waals surface area contributed by atoms with Gasteiger partial charge in [-0.1, -0.05) is 11.6 Å². The molecular formula is C10H8ClNO2S. The third kappa shape index (κ3) is 2.27. The molecule has 15 heavy (non-hydrogen) atoms. The maximum Gasteiger partial charge on any atom is 0.312 e. The van der Waals surface area contributed by atoms with Crippen LogP contribution in [-0.4, -0.2) is 18.1 Å². The number of ether oxygens (including phenoxy) is 1. The molecule has 0 spiro atoms. The first-order valence-electron chi connectivity index (χ1n) is 4.31. The van der Waals surface area contributed by atoms with Crippen LogP contribution in [0.25, 0.3) is 10.2 Å². The number of benzene rings is 1. The van der Waals surface area contributed by atoms with Crippen molar-refractivity contribution in [2.75, 3.05) is 7.11 Å². The Morgan fingerprint density at radius 1 is 1.60 bits per heavy atom. The summed E-state index contributed by atoms with van der Waals surface area (Å²) in [4.78, 5) is 15.3. The first kappa shape index (κ1) is 10.4. The normalized spacial score (nSPS) is 10.5. The molecule has 3 nitrogen and oxygen atoms in total. The maximum atomic E-state index is 11.0. The standard InChI is InChI=1S/C10H8ClNO2S/c1-14-10(13)5-9-12-7-4-6(11)2-3-8(7)15-9/h2-4H,5H2,1H3. The van der Waals surface area contributed by atoms with Crippen molar-refractivity contribution in [2.45, 2.75) is 6.42 Å². The lowest BCUT2D eigenvalue weighted by molar-refractivity contribution is -0.139. The molecular weight excluding hydrogens is 234 g/mol. The zero-order chi connectivity index (χ0) is 10.8. The van der Waals surface area contributed by atoms with E-state index < -0.39 is 0 Å². The predicted molar refractivity (Wildman–Crippen MR) is 60.4 cm³/mol. The average Bonchev–Trinajstić information content (AvgIpc) is 2.59. The fourth-order valence-corrected chi connectivity index (χ4v) is 2.32. The van der Waals surface area contributed by atoms with Gasteiger partial charge in [0.25, 0.3) is 0 Å². The zero-order valence-electron chi connectivity index (χ0n) is 7.99. The third-order valence-corrected chi connectivity index (χ3v) is 3.19. The zero-order valence-corrected chi connectivity index (χ0v) is 9.56. The highest BCUT2D eigenvalue weighted by Gasteiger charge is 2.08. The number of rotatable bonds is 2. The number of methoxy groups -OCH3 is 1. The Balaban J connectivity index is 2.34. The number of fused-ring (bicyclic) bond motifs is 1. The summed E-state index contributed by atoms with van der Waals surface area (Å²) in [6, 6.07) is 5.49. The van der Waals surface area contributed by atoms with E-state index in [1.54, 1.807) is 6.07 Å². The van der Waals surface area contributed by atoms with Gasteiger partial charge in [0.05, 0.1) is 23.7 Å². The van der Waals surface area contributed by atoms with Crippen molar-refractivity contribution in [1.29, 1.82) is 0 Å². The molecule has 0 aliphatic rings. The average molecular weight is 242 g/mol. The van der Waals surface area contributed by atoms with Crippen LogP contribution in [0.3, 0.4) is 0 Å². The Morgan fingerprint density at radius 2 is 2.40 bits per heavy atom. The first-order valence-corrected chi connectivity index (χ1v) is 5.50. The van der Waals surface area contributed by atoms with Gasteiger partial charge in [0.2, 0.25) is 0 Å². The highest BCUT2D eigenvalue weighted by Crippen LogP contribution is 2.25. The largest absolute Gasteiger partial charge is 0.469 e. The Kier molecular flexibility index (Phi) is 2.88. The SMILES string of the molecule is COC(=O)Cc1nc2cc(Cl)ccc2s1. The van der Waals surface area contributed by atoms with Crippen molar-refractivity contribution in [2.24, 2.45) is 0 Å². The summed E-state index contributed by atoms with van der Waals surface area (Å²) in [5.74, 6) is -0.278. The highest BCUT2D eigenvalue weighted by atomic mass is 35.5. The second-order valence-electron chi connectivity index (χ2n) is 2.97. The van der Waals surface area contributed by atoms with E-state index in [0.717, 1.165) is 15.2 Å². The summed E-state index contributed by atoms with van der Waals surface area (Å²) >= 11 is 7.31. The second-order valence-corrected chi connectivity index (χ2v) is 4.52. The van der Waals surface area contributed by atoms with Gasteiger partial charge < -0.3 is 4.74 Å². The smallest absolute Gasteiger partial charge is 0.312 e. The molecule has 0 amide bonds. The Morgan fingerprint density at radius 3 is 3.13 bits per heavy atom. The molecule has 0 saturated carbocycles. The van der Waals surface area contributed by atoms with Crippen LogP contribution in [-0.2, 0) is 16.0 Å². The van der Waals surface area contributed by atoms with Gasteiger partial charge in [-0.3, -0.25) is 4.79 Å². The number of thiazole rings is 1. The second kappa shape index (κ2) is 4.16. The van der Waals surface area contributed by atoms with Crippen molar-refractivity contribution in [3.63, 3.8) is 0 Å². The molecule has 5 heteroatoms. The minimum Gasteiger partial charge on any atom is -0.469 e. The van der Waals surface area contributed by atoms with E-state index in [2.05, 4.69) is 9.72 Å². The number of halogens is 1. The van der Waals surface area contributed by atoms with E-state index in [-0.39, 0.29) is 12.4 Å². The topological polar surface area (TPSA) is 39.2 Å². The maximum absolute atomic E-state index is 11.0. The summed E-state index contributed by atoms with van der Waals surface area (Å²) < 4.78 is 5.60. The number of aromatic nitrogens is 1. The molecule has 2 aromatic rings. The van der Waals surface area contributed by atoms with Crippen molar-refractivity contribution in [3.8, 4) is 0 Å². The summed E-state index contributed by atoms with van der Waals surface area (Å²) in [6.45, 7) is 0. The molecule has 78 valence electrons. The van der Waals surface area contributed by atoms with Gasteiger partial charge in [-0.2, -0.15) is 0 Å². The molecule has 1 aromatic heterocycles. The lowest BCUT2D eigenvalue weighted by atomic mass is 10.3. The summed E-state index contributed by atoms with van der Waals surface area (Å²) in [5, 5.41) is 1.40. The molecule has 0 atom stereocenters. The molecule has 0 aliphatic carbocycles. The molecule has 0 fully saturated rings. The van der Waals surface area contributed by atoms with Gasteiger partial charge in [-0.05, 0) is 18.2 Å². The van der Waals surface area contributed by atoms with E-state index in [4.69, 9.17) is 11.6 Å². The summed E-state index contributed by atoms with van der Waals surface area (Å²) in [6.07, 6.45) is 0.216. The van der Waals surface area contributed by atoms with Crippen LogP contribution < -0.4 is 0 Å². The fraction of sp³-hybridized carbons (Fsp3) is 0.200. The van der Waals surface area contributed by atoms with Gasteiger partial charge in [-0.25, -0.2) is 4.98 Å². The van der Waals surface area contributed by atoms with Gasteiger partial charge in [-0.15, -0.1) is 11.3 Å². The lowest BCUT2D eigenvalue weighted by Gasteiger charge is -1.92. The number of carbonyl (C=O) groups is 1. The number of hydrogen-bond acceptors (Lipinski definition) is 4.